The highest BCUT2D eigenvalue weighted by molar-refractivity contribution is 14.1. The number of amides is 1. The molecule has 3 heterocycles. The molecule has 2 atom stereocenters. The largest absolute Gasteiger partial charge is 0.460 e. The van der Waals surface area contributed by atoms with Gasteiger partial charge in [-0.1, -0.05) is 30.3 Å². The van der Waals surface area contributed by atoms with E-state index in [1.165, 1.54) is 19.5 Å². The molecule has 0 spiro atoms. The van der Waals surface area contributed by atoms with E-state index in [1.54, 1.807) is 34.9 Å². The molecule has 5 rings (SSSR count). The Morgan fingerprint density at radius 2 is 1.97 bits per heavy atom. The molecule has 12 heteroatoms. The minimum Gasteiger partial charge on any atom is -0.460 e. The van der Waals surface area contributed by atoms with Crippen LogP contribution < -0.4 is 10.6 Å². The van der Waals surface area contributed by atoms with Crippen LogP contribution in [-0.4, -0.2) is 44.5 Å². The van der Waals surface area contributed by atoms with Gasteiger partial charge in [0.2, 0.25) is 11.5 Å². The molecule has 0 unspecified atom stereocenters. The predicted molar refractivity (Wildman–Crippen MR) is 145 cm³/mol. The molecule has 0 fully saturated rings. The van der Waals surface area contributed by atoms with E-state index in [4.69, 9.17) is 21.1 Å². The summed E-state index contributed by atoms with van der Waals surface area (Å²) in [6.45, 7) is 0.492. The number of rotatable bonds is 7. The molecular weight excluding hydrogens is 611 g/mol. The third-order valence-corrected chi connectivity index (χ3v) is 6.41. The van der Waals surface area contributed by atoms with Gasteiger partial charge in [0.15, 0.2) is 28.8 Å². The van der Waals surface area contributed by atoms with Gasteiger partial charge in [-0.25, -0.2) is 9.78 Å². The Kier molecular flexibility index (Phi) is 7.24. The number of benzene rings is 2. The molecule has 1 aliphatic heterocycles. The number of anilines is 1. The number of halogens is 2. The summed E-state index contributed by atoms with van der Waals surface area (Å²) in [4.78, 5) is 38.2. The zero-order valence-corrected chi connectivity index (χ0v) is 22.3. The fourth-order valence-corrected chi connectivity index (χ4v) is 4.60. The maximum absolute atomic E-state index is 12.8. The van der Waals surface area contributed by atoms with Gasteiger partial charge in [-0.05, 0) is 64.0 Å². The van der Waals surface area contributed by atoms with E-state index in [9.17, 15) is 9.59 Å². The van der Waals surface area contributed by atoms with Crippen molar-refractivity contribution < 1.29 is 19.1 Å². The number of nitrogens with one attached hydrogen (secondary N) is 2. The van der Waals surface area contributed by atoms with Crippen LogP contribution >= 0.6 is 34.2 Å². The van der Waals surface area contributed by atoms with E-state index in [1.807, 2.05) is 18.2 Å². The molecule has 10 nitrogen and oxygen atoms in total. The number of fused-ring (bicyclic) bond motifs is 1. The minimum atomic E-state index is -0.945. The minimum absolute atomic E-state index is 0.00490. The summed E-state index contributed by atoms with van der Waals surface area (Å²) < 4.78 is 14.3. The molecule has 0 saturated heterocycles. The summed E-state index contributed by atoms with van der Waals surface area (Å²) in [5, 5.41) is 5.77. The Bertz CT molecular complexity index is 1510. The van der Waals surface area contributed by atoms with E-state index in [2.05, 4.69) is 54.2 Å². The van der Waals surface area contributed by atoms with E-state index < -0.39 is 24.2 Å². The fraction of sp³-hybridized carbons (Fsp3) is 0.160. The van der Waals surface area contributed by atoms with Crippen LogP contribution in [0.15, 0.2) is 72.8 Å². The second-order valence-corrected chi connectivity index (χ2v) is 9.59. The molecule has 2 N–H and O–H groups in total. The van der Waals surface area contributed by atoms with Crippen molar-refractivity contribution in [1.82, 2.24) is 24.8 Å². The van der Waals surface area contributed by atoms with Crippen molar-refractivity contribution in [3.05, 3.63) is 92.7 Å². The molecule has 0 radical (unpaired) electrons. The average molecular weight is 631 g/mol. The smallest absolute Gasteiger partial charge is 0.338 e. The van der Waals surface area contributed by atoms with E-state index in [0.717, 1.165) is 9.13 Å². The Morgan fingerprint density at radius 3 is 2.73 bits per heavy atom. The van der Waals surface area contributed by atoms with Crippen molar-refractivity contribution in [1.29, 1.82) is 0 Å². The first-order chi connectivity index (χ1) is 17.9. The summed E-state index contributed by atoms with van der Waals surface area (Å²) in [5.74, 6) is -0.578. The molecule has 0 bridgehead atoms. The molecule has 37 heavy (non-hydrogen) atoms. The third-order valence-electron chi connectivity index (χ3n) is 5.57. The van der Waals surface area contributed by atoms with Crippen LogP contribution in [0, 0.1) is 3.57 Å². The van der Waals surface area contributed by atoms with Crippen molar-refractivity contribution in [2.24, 2.45) is 0 Å². The van der Waals surface area contributed by atoms with Crippen LogP contribution in [0.4, 0.5) is 5.82 Å². The van der Waals surface area contributed by atoms with Gasteiger partial charge in [-0.15, -0.1) is 0 Å². The molecule has 0 saturated carbocycles. The first kappa shape index (κ1) is 25.0. The summed E-state index contributed by atoms with van der Waals surface area (Å²) in [7, 11) is 1.48. The van der Waals surface area contributed by atoms with E-state index >= 15 is 0 Å². The summed E-state index contributed by atoms with van der Waals surface area (Å²) >= 11 is 8.51. The van der Waals surface area contributed by atoms with E-state index in [-0.39, 0.29) is 11.0 Å². The van der Waals surface area contributed by atoms with Crippen molar-refractivity contribution in [3.8, 4) is 0 Å². The highest BCUT2D eigenvalue weighted by atomic mass is 127. The number of nitrogens with zero attached hydrogens (tertiary/aromatic N) is 4. The van der Waals surface area contributed by atoms with E-state index in [0.29, 0.717) is 29.1 Å². The molecule has 1 aliphatic rings. The third kappa shape index (κ3) is 5.37. The van der Waals surface area contributed by atoms with Gasteiger partial charge in [-0.2, -0.15) is 9.97 Å². The van der Waals surface area contributed by atoms with Crippen molar-refractivity contribution in [3.63, 3.8) is 0 Å². The number of carbonyl (C=O) groups is 2. The Balaban J connectivity index is 1.46. The lowest BCUT2D eigenvalue weighted by molar-refractivity contribution is -0.122. The lowest BCUT2D eigenvalue weighted by atomic mass is 10.2. The fourth-order valence-electron chi connectivity index (χ4n) is 3.83. The van der Waals surface area contributed by atoms with Crippen molar-refractivity contribution >= 4 is 63.1 Å². The number of aromatic nitrogens is 4. The van der Waals surface area contributed by atoms with Gasteiger partial charge in [0.05, 0.1) is 5.56 Å². The monoisotopic (exact) mass is 630 g/mol. The number of hydrogen-bond acceptors (Lipinski definition) is 8. The number of likely N-dealkylation sites (N-methyl/N-ethyl adjacent to an activating group) is 1. The number of ether oxygens (including phenoxy) is 2. The predicted octanol–water partition coefficient (Wildman–Crippen LogP) is 4.08. The quantitative estimate of drug-likeness (QED) is 0.178. The maximum Gasteiger partial charge on any atom is 0.338 e. The summed E-state index contributed by atoms with van der Waals surface area (Å²) in [5.41, 5.74) is 2.22. The van der Waals surface area contributed by atoms with Crippen LogP contribution in [-0.2, 0) is 20.8 Å². The van der Waals surface area contributed by atoms with Gasteiger partial charge < -0.3 is 20.1 Å². The zero-order chi connectivity index (χ0) is 25.9. The number of esters is 1. The van der Waals surface area contributed by atoms with Gasteiger partial charge in [0.25, 0.3) is 5.91 Å². The summed E-state index contributed by atoms with van der Waals surface area (Å²) in [6, 6.07) is 16.6. The number of imidazole rings is 1. The molecule has 2 aromatic carbocycles. The first-order valence-corrected chi connectivity index (χ1v) is 12.6. The van der Waals surface area contributed by atoms with Gasteiger partial charge in [0, 0.05) is 23.2 Å². The van der Waals surface area contributed by atoms with Gasteiger partial charge in [-0.3, -0.25) is 9.36 Å². The Morgan fingerprint density at radius 1 is 1.16 bits per heavy atom. The maximum atomic E-state index is 12.8. The first-order valence-electron chi connectivity index (χ1n) is 11.2. The molecule has 188 valence electrons. The molecule has 2 aromatic heterocycles. The average Bonchev–Trinajstić information content (AvgIpc) is 3.51. The lowest BCUT2D eigenvalue weighted by Crippen LogP contribution is -2.26. The topological polar surface area (TPSA) is 120 Å². The van der Waals surface area contributed by atoms with Crippen molar-refractivity contribution in [2.75, 3.05) is 12.4 Å². The zero-order valence-electron chi connectivity index (χ0n) is 19.4. The van der Waals surface area contributed by atoms with Gasteiger partial charge in [0.1, 0.15) is 6.33 Å². The molecule has 4 aromatic rings. The summed E-state index contributed by atoms with van der Waals surface area (Å²) in [6.07, 6.45) is 1.06. The van der Waals surface area contributed by atoms with Crippen LogP contribution in [0.3, 0.4) is 0 Å². The Labute approximate surface area is 230 Å². The highest BCUT2D eigenvalue weighted by Crippen LogP contribution is 2.33. The highest BCUT2D eigenvalue weighted by Gasteiger charge is 2.38. The molecular formula is C25H20ClIN6O4. The SMILES string of the molecule is CNC(=O)C1=C[C@@H](OC(=O)c2ccccc2)[C@H](n2cnc3c(NCc4cccc(I)c4)nc(Cl)nc32)O1. The number of carbonyl (C=O) groups excluding carboxylic acids is 2. The molecule has 1 amide bonds. The standard InChI is InChI=1S/C25H20ClIN6O4/c1-28-22(34)17-11-18(37-24(35)15-7-3-2-4-8-15)23(36-17)33-13-30-19-20(31-25(26)32-21(19)33)29-12-14-6-5-9-16(27)10-14/h2-11,13,18,23H,12H2,1H3,(H,28,34)(H,29,31,32)/t18-,23-/m1/s1. The normalized spacial score (nSPS) is 16.7. The lowest BCUT2D eigenvalue weighted by Gasteiger charge is -2.21. The second-order valence-electron chi connectivity index (χ2n) is 8.00. The van der Waals surface area contributed by atoms with Crippen molar-refractivity contribution in [2.45, 2.75) is 18.9 Å². The Hall–Kier alpha value is -3.71. The second kappa shape index (κ2) is 10.7. The van der Waals surface area contributed by atoms with Crippen LogP contribution in [0.5, 0.6) is 0 Å². The van der Waals surface area contributed by atoms with Crippen LogP contribution in [0.2, 0.25) is 5.28 Å². The van der Waals surface area contributed by atoms with Crippen LogP contribution in [0.1, 0.15) is 22.1 Å². The van der Waals surface area contributed by atoms with Crippen LogP contribution in [0.25, 0.3) is 11.2 Å². The molecule has 0 aliphatic carbocycles. The number of hydrogen-bond donors (Lipinski definition) is 2. The van der Waals surface area contributed by atoms with Gasteiger partial charge >= 0.3 is 5.97 Å².